The summed E-state index contributed by atoms with van der Waals surface area (Å²) in [5.41, 5.74) is 0.948. The van der Waals surface area contributed by atoms with E-state index in [4.69, 9.17) is 16.3 Å². The van der Waals surface area contributed by atoms with Gasteiger partial charge in [-0.3, -0.25) is 4.98 Å². The smallest absolute Gasteiger partial charge is 0.119 e. The first-order chi connectivity index (χ1) is 10.1. The van der Waals surface area contributed by atoms with Crippen molar-refractivity contribution in [3.63, 3.8) is 0 Å². The lowest BCUT2D eigenvalue weighted by molar-refractivity contribution is 0.104. The van der Waals surface area contributed by atoms with Gasteiger partial charge in [0.1, 0.15) is 18.5 Å². The maximum Gasteiger partial charge on any atom is 0.119 e. The molecule has 1 aromatic heterocycles. The highest BCUT2D eigenvalue weighted by Crippen LogP contribution is 2.15. The molecule has 0 bridgehead atoms. The molecule has 4 nitrogen and oxygen atoms in total. The maximum absolute atomic E-state index is 9.93. The number of ether oxygens (including phenoxy) is 1. The Morgan fingerprint density at radius 2 is 2.00 bits per heavy atom. The lowest BCUT2D eigenvalue weighted by Crippen LogP contribution is -2.33. The molecule has 0 saturated heterocycles. The van der Waals surface area contributed by atoms with Gasteiger partial charge >= 0.3 is 0 Å². The molecule has 21 heavy (non-hydrogen) atoms. The monoisotopic (exact) mass is 306 g/mol. The van der Waals surface area contributed by atoms with Crippen LogP contribution in [-0.4, -0.2) is 29.3 Å². The molecule has 2 N–H and O–H groups in total. The normalized spacial score (nSPS) is 13.7. The molecule has 1 heterocycles. The minimum atomic E-state index is -0.591. The fraction of sp³-hybridized carbons (Fsp3) is 0.312. The number of aromatic nitrogens is 1. The molecular weight excluding hydrogens is 288 g/mol. The number of halogens is 1. The second-order valence-corrected chi connectivity index (χ2v) is 5.24. The number of nitrogens with zero attached hydrogens (tertiary/aromatic N) is 1. The van der Waals surface area contributed by atoms with Crippen molar-refractivity contribution in [1.82, 2.24) is 10.3 Å². The molecule has 1 aromatic carbocycles. The number of hydrogen-bond acceptors (Lipinski definition) is 4. The van der Waals surface area contributed by atoms with Crippen LogP contribution in [0.25, 0.3) is 0 Å². The van der Waals surface area contributed by atoms with E-state index in [2.05, 4.69) is 10.3 Å². The van der Waals surface area contributed by atoms with Crippen molar-refractivity contribution < 1.29 is 9.84 Å². The molecule has 0 spiro atoms. The highest BCUT2D eigenvalue weighted by Gasteiger charge is 2.10. The number of rotatable bonds is 7. The van der Waals surface area contributed by atoms with Crippen molar-refractivity contribution in [3.8, 4) is 5.75 Å². The molecule has 2 aromatic rings. The molecule has 0 aliphatic carbocycles. The van der Waals surface area contributed by atoms with Gasteiger partial charge in [0.25, 0.3) is 0 Å². The maximum atomic E-state index is 9.93. The summed E-state index contributed by atoms with van der Waals surface area (Å²) in [6.07, 6.45) is 1.17. The molecule has 0 fully saturated rings. The molecular formula is C16H19ClN2O2. The van der Waals surface area contributed by atoms with Crippen LogP contribution in [-0.2, 0) is 0 Å². The Labute approximate surface area is 129 Å². The lowest BCUT2D eigenvalue weighted by atomic mass is 10.2. The second kappa shape index (κ2) is 7.98. The van der Waals surface area contributed by atoms with Crippen LogP contribution in [0.5, 0.6) is 5.75 Å². The van der Waals surface area contributed by atoms with Crippen LogP contribution >= 0.6 is 11.6 Å². The molecule has 112 valence electrons. The minimum absolute atomic E-state index is 0.0800. The molecule has 0 aliphatic heterocycles. The second-order valence-electron chi connectivity index (χ2n) is 4.80. The zero-order valence-electron chi connectivity index (χ0n) is 11.9. The van der Waals surface area contributed by atoms with Crippen molar-refractivity contribution in [2.75, 3.05) is 13.2 Å². The highest BCUT2D eigenvalue weighted by atomic mass is 35.5. The SMILES string of the molecule is C[C@H](NCC(O)COc1ccc(Cl)cc1)c1ccccn1. The van der Waals surface area contributed by atoms with Gasteiger partial charge in [-0.1, -0.05) is 17.7 Å². The Morgan fingerprint density at radius 1 is 1.24 bits per heavy atom. The number of benzene rings is 1. The van der Waals surface area contributed by atoms with Gasteiger partial charge in [0.2, 0.25) is 0 Å². The summed E-state index contributed by atoms with van der Waals surface area (Å²) in [5.74, 6) is 0.691. The van der Waals surface area contributed by atoms with Crippen LogP contribution in [0.15, 0.2) is 48.7 Å². The predicted molar refractivity (Wildman–Crippen MR) is 83.6 cm³/mol. The number of aliphatic hydroxyl groups is 1. The summed E-state index contributed by atoms with van der Waals surface area (Å²) >= 11 is 5.80. The topological polar surface area (TPSA) is 54.4 Å². The average Bonchev–Trinajstić information content (AvgIpc) is 2.53. The first-order valence-electron chi connectivity index (χ1n) is 6.86. The Bertz CT molecular complexity index is 534. The molecule has 2 rings (SSSR count). The van der Waals surface area contributed by atoms with Crippen molar-refractivity contribution in [2.45, 2.75) is 19.1 Å². The van der Waals surface area contributed by atoms with Crippen LogP contribution in [0.2, 0.25) is 5.02 Å². The van der Waals surface area contributed by atoms with E-state index in [0.717, 1.165) is 5.69 Å². The van der Waals surface area contributed by atoms with Gasteiger partial charge in [-0.15, -0.1) is 0 Å². The molecule has 0 amide bonds. The zero-order valence-corrected chi connectivity index (χ0v) is 12.6. The first kappa shape index (κ1) is 15.8. The molecule has 0 radical (unpaired) electrons. The van der Waals surface area contributed by atoms with Crippen LogP contribution in [0.3, 0.4) is 0 Å². The van der Waals surface area contributed by atoms with E-state index in [1.165, 1.54) is 0 Å². The van der Waals surface area contributed by atoms with Crippen LogP contribution in [0.4, 0.5) is 0 Å². The first-order valence-corrected chi connectivity index (χ1v) is 7.23. The van der Waals surface area contributed by atoms with Gasteiger partial charge in [0.05, 0.1) is 5.69 Å². The van der Waals surface area contributed by atoms with E-state index in [1.54, 1.807) is 30.5 Å². The summed E-state index contributed by atoms with van der Waals surface area (Å²) in [5, 5.41) is 13.8. The number of hydrogen-bond donors (Lipinski definition) is 2. The summed E-state index contributed by atoms with van der Waals surface area (Å²) in [6.45, 7) is 2.67. The largest absolute Gasteiger partial charge is 0.491 e. The Hall–Kier alpha value is -1.62. The standard InChI is InChI=1S/C16H19ClN2O2/c1-12(16-4-2-3-9-18-16)19-10-14(20)11-21-15-7-5-13(17)6-8-15/h2-9,12,14,19-20H,10-11H2,1H3/t12-,14?/m0/s1. The fourth-order valence-corrected chi connectivity index (χ4v) is 1.96. The fourth-order valence-electron chi connectivity index (χ4n) is 1.83. The molecule has 2 atom stereocenters. The Kier molecular flexibility index (Phi) is 5.99. The van der Waals surface area contributed by atoms with Crippen molar-refractivity contribution >= 4 is 11.6 Å². The third-order valence-corrected chi connectivity index (χ3v) is 3.30. The van der Waals surface area contributed by atoms with Gasteiger partial charge in [-0.05, 0) is 43.3 Å². The molecule has 0 saturated carbocycles. The van der Waals surface area contributed by atoms with E-state index in [-0.39, 0.29) is 12.6 Å². The van der Waals surface area contributed by atoms with Gasteiger partial charge in [0.15, 0.2) is 0 Å². The zero-order chi connectivity index (χ0) is 15.1. The molecule has 1 unspecified atom stereocenters. The van der Waals surface area contributed by atoms with E-state index >= 15 is 0 Å². The summed E-state index contributed by atoms with van der Waals surface area (Å²) in [7, 11) is 0. The van der Waals surface area contributed by atoms with Gasteiger partial charge in [-0.2, -0.15) is 0 Å². The minimum Gasteiger partial charge on any atom is -0.491 e. The van der Waals surface area contributed by atoms with Gasteiger partial charge < -0.3 is 15.2 Å². The Morgan fingerprint density at radius 3 is 2.67 bits per heavy atom. The van der Waals surface area contributed by atoms with Crippen LogP contribution in [0.1, 0.15) is 18.7 Å². The highest BCUT2D eigenvalue weighted by molar-refractivity contribution is 6.30. The third kappa shape index (κ3) is 5.34. The quantitative estimate of drug-likeness (QED) is 0.826. The lowest BCUT2D eigenvalue weighted by Gasteiger charge is -2.17. The van der Waals surface area contributed by atoms with Crippen LogP contribution in [0, 0.1) is 0 Å². The average molecular weight is 307 g/mol. The Balaban J connectivity index is 1.72. The van der Waals surface area contributed by atoms with Crippen molar-refractivity contribution in [2.24, 2.45) is 0 Å². The van der Waals surface area contributed by atoms with Crippen molar-refractivity contribution in [1.29, 1.82) is 0 Å². The summed E-state index contributed by atoms with van der Waals surface area (Å²) in [4.78, 5) is 4.27. The van der Waals surface area contributed by atoms with E-state index in [9.17, 15) is 5.11 Å². The van der Waals surface area contributed by atoms with E-state index in [0.29, 0.717) is 17.3 Å². The number of pyridine rings is 1. The summed E-state index contributed by atoms with van der Waals surface area (Å²) < 4.78 is 5.50. The molecule has 5 heteroatoms. The van der Waals surface area contributed by atoms with Crippen LogP contribution < -0.4 is 10.1 Å². The number of nitrogens with one attached hydrogen (secondary N) is 1. The van der Waals surface area contributed by atoms with Gasteiger partial charge in [-0.25, -0.2) is 0 Å². The number of aliphatic hydroxyl groups excluding tert-OH is 1. The molecule has 0 aliphatic rings. The van der Waals surface area contributed by atoms with E-state index in [1.807, 2.05) is 25.1 Å². The van der Waals surface area contributed by atoms with Crippen molar-refractivity contribution in [3.05, 3.63) is 59.4 Å². The predicted octanol–water partition coefficient (Wildman–Crippen LogP) is 2.83. The summed E-state index contributed by atoms with van der Waals surface area (Å²) in [6, 6.07) is 12.9. The van der Waals surface area contributed by atoms with E-state index < -0.39 is 6.10 Å². The third-order valence-electron chi connectivity index (χ3n) is 3.05. The van der Waals surface area contributed by atoms with Gasteiger partial charge in [0, 0.05) is 23.8 Å².